The maximum Gasteiger partial charge on any atom is 0.267 e. The zero-order valence-corrected chi connectivity index (χ0v) is 20.2. The van der Waals surface area contributed by atoms with Crippen LogP contribution < -0.4 is 5.56 Å². The lowest BCUT2D eigenvalue weighted by Gasteiger charge is -2.13. The monoisotopic (exact) mass is 498 g/mol. The van der Waals surface area contributed by atoms with E-state index in [1.807, 2.05) is 54.6 Å². The molecule has 178 valence electrons. The Bertz CT molecular complexity index is 1810. The van der Waals surface area contributed by atoms with Crippen LogP contribution in [-0.2, 0) is 5.75 Å². The lowest BCUT2D eigenvalue weighted by atomic mass is 10.1. The topological polar surface area (TPSA) is 91.1 Å². The van der Waals surface area contributed by atoms with Gasteiger partial charge in [0, 0.05) is 5.56 Å². The van der Waals surface area contributed by atoms with E-state index in [2.05, 4.69) is 20.3 Å². The molecule has 3 heterocycles. The van der Waals surface area contributed by atoms with Gasteiger partial charge >= 0.3 is 0 Å². The van der Waals surface area contributed by atoms with Gasteiger partial charge in [-0.25, -0.2) is 8.96 Å². The lowest BCUT2D eigenvalue weighted by Crippen LogP contribution is -2.22. The van der Waals surface area contributed by atoms with E-state index in [1.165, 1.54) is 23.9 Å². The van der Waals surface area contributed by atoms with Gasteiger partial charge in [-0.1, -0.05) is 41.2 Å². The van der Waals surface area contributed by atoms with E-state index < -0.39 is 0 Å². The average Bonchev–Trinajstić information content (AvgIpc) is 3.53. The van der Waals surface area contributed by atoms with Gasteiger partial charge in [0.1, 0.15) is 5.82 Å². The van der Waals surface area contributed by atoms with E-state index in [0.29, 0.717) is 44.9 Å². The van der Waals surface area contributed by atoms with Crippen LogP contribution in [0.15, 0.2) is 81.2 Å². The molecule has 3 aromatic carbocycles. The van der Waals surface area contributed by atoms with Crippen LogP contribution in [0.1, 0.15) is 17.0 Å². The van der Waals surface area contributed by atoms with Crippen molar-refractivity contribution in [3.05, 3.63) is 99.9 Å². The first kappa shape index (κ1) is 22.2. The summed E-state index contributed by atoms with van der Waals surface area (Å²) >= 11 is 1.37. The highest BCUT2D eigenvalue weighted by molar-refractivity contribution is 7.98. The zero-order valence-electron chi connectivity index (χ0n) is 19.3. The fourth-order valence-electron chi connectivity index (χ4n) is 4.11. The molecular weight excluding hydrogens is 479 g/mol. The van der Waals surface area contributed by atoms with Crippen molar-refractivity contribution < 1.29 is 8.91 Å². The Morgan fingerprint density at radius 1 is 1.00 bits per heavy atom. The van der Waals surface area contributed by atoms with Crippen molar-refractivity contribution >= 4 is 28.4 Å². The SMILES string of the molecule is Cc1ccc(C)c(-n2c(=O)c3ccccc3n3c(SCc4nc(-c5ccc(F)cc5)no4)nnc23)c1. The highest BCUT2D eigenvalue weighted by Gasteiger charge is 2.20. The molecule has 0 aliphatic heterocycles. The first-order valence-corrected chi connectivity index (χ1v) is 12.2. The molecule has 6 aromatic rings. The van der Waals surface area contributed by atoms with Crippen molar-refractivity contribution in [3.8, 4) is 17.1 Å². The summed E-state index contributed by atoms with van der Waals surface area (Å²) in [5, 5.41) is 13.9. The largest absolute Gasteiger partial charge is 0.338 e. The van der Waals surface area contributed by atoms with Gasteiger partial charge in [-0.05, 0) is 67.4 Å². The Kier molecular flexibility index (Phi) is 5.37. The Morgan fingerprint density at radius 3 is 2.64 bits per heavy atom. The zero-order chi connectivity index (χ0) is 24.8. The molecule has 10 heteroatoms. The third-order valence-corrected chi connectivity index (χ3v) is 6.81. The van der Waals surface area contributed by atoms with Crippen LogP contribution in [0, 0.1) is 19.7 Å². The van der Waals surface area contributed by atoms with Crippen molar-refractivity contribution in [1.82, 2.24) is 29.3 Å². The number of halogens is 1. The van der Waals surface area contributed by atoms with Gasteiger partial charge in [0.05, 0.1) is 22.3 Å². The predicted octanol–water partition coefficient (Wildman–Crippen LogP) is 5.13. The van der Waals surface area contributed by atoms with Gasteiger partial charge in [0.15, 0.2) is 5.16 Å². The summed E-state index contributed by atoms with van der Waals surface area (Å²) in [6.45, 7) is 3.95. The molecule has 0 amide bonds. The van der Waals surface area contributed by atoms with Crippen LogP contribution in [0.25, 0.3) is 33.8 Å². The predicted molar refractivity (Wildman–Crippen MR) is 135 cm³/mol. The Morgan fingerprint density at radius 2 is 1.81 bits per heavy atom. The molecule has 0 saturated carbocycles. The number of hydrogen-bond acceptors (Lipinski definition) is 7. The van der Waals surface area contributed by atoms with E-state index >= 15 is 0 Å². The molecule has 6 rings (SSSR count). The standard InChI is InChI=1S/C26H19FN6O2S/c1-15-7-8-16(2)21(13-15)32-24(34)19-5-3-4-6-20(19)33-25(32)29-30-26(33)36-14-22-28-23(31-35-22)17-9-11-18(27)12-10-17/h3-13H,14H2,1-2H3. The van der Waals surface area contributed by atoms with Crippen molar-refractivity contribution in [3.63, 3.8) is 0 Å². The lowest BCUT2D eigenvalue weighted by molar-refractivity contribution is 0.391. The summed E-state index contributed by atoms with van der Waals surface area (Å²) in [7, 11) is 0. The van der Waals surface area contributed by atoms with Gasteiger partial charge in [-0.15, -0.1) is 10.2 Å². The maximum atomic E-state index is 13.6. The van der Waals surface area contributed by atoms with Crippen molar-refractivity contribution in [2.24, 2.45) is 0 Å². The third kappa shape index (κ3) is 3.75. The van der Waals surface area contributed by atoms with Crippen molar-refractivity contribution in [2.75, 3.05) is 0 Å². The molecule has 0 fully saturated rings. The molecule has 0 unspecified atom stereocenters. The van der Waals surface area contributed by atoms with Crippen LogP contribution in [0.5, 0.6) is 0 Å². The second-order valence-electron chi connectivity index (χ2n) is 8.37. The Labute approximate surface area is 208 Å². The fourth-order valence-corrected chi connectivity index (χ4v) is 4.88. The van der Waals surface area contributed by atoms with Crippen LogP contribution in [0.4, 0.5) is 4.39 Å². The summed E-state index contributed by atoms with van der Waals surface area (Å²) in [5.41, 5.74) is 3.97. The summed E-state index contributed by atoms with van der Waals surface area (Å²) in [5.74, 6) is 1.20. The number of para-hydroxylation sites is 1. The first-order chi connectivity index (χ1) is 17.5. The smallest absolute Gasteiger partial charge is 0.267 e. The fraction of sp³-hybridized carbons (Fsp3) is 0.115. The van der Waals surface area contributed by atoms with Gasteiger partial charge in [0.25, 0.3) is 5.56 Å². The minimum Gasteiger partial charge on any atom is -0.338 e. The molecule has 0 radical (unpaired) electrons. The quantitative estimate of drug-likeness (QED) is 0.304. The van der Waals surface area contributed by atoms with Gasteiger partial charge in [-0.3, -0.25) is 9.20 Å². The summed E-state index contributed by atoms with van der Waals surface area (Å²) < 4.78 is 22.1. The number of rotatable bonds is 5. The number of aryl methyl sites for hydroxylation is 2. The molecule has 0 bridgehead atoms. The van der Waals surface area contributed by atoms with Gasteiger partial charge in [0.2, 0.25) is 17.5 Å². The molecule has 0 spiro atoms. The van der Waals surface area contributed by atoms with Gasteiger partial charge in [-0.2, -0.15) is 4.98 Å². The van der Waals surface area contributed by atoms with E-state index in [-0.39, 0.29) is 11.4 Å². The second kappa shape index (κ2) is 8.72. The van der Waals surface area contributed by atoms with E-state index in [0.717, 1.165) is 16.8 Å². The minimum absolute atomic E-state index is 0.156. The molecule has 0 atom stereocenters. The molecule has 36 heavy (non-hydrogen) atoms. The molecule has 0 N–H and O–H groups in total. The maximum absolute atomic E-state index is 13.6. The molecule has 3 aromatic heterocycles. The molecule has 0 aliphatic carbocycles. The highest BCUT2D eigenvalue weighted by atomic mass is 32.2. The molecule has 8 nitrogen and oxygen atoms in total. The average molecular weight is 499 g/mol. The minimum atomic E-state index is -0.330. The summed E-state index contributed by atoms with van der Waals surface area (Å²) in [4.78, 5) is 18.0. The number of hydrogen-bond donors (Lipinski definition) is 0. The van der Waals surface area contributed by atoms with Crippen molar-refractivity contribution in [1.29, 1.82) is 0 Å². The van der Waals surface area contributed by atoms with E-state index in [1.54, 1.807) is 22.8 Å². The summed E-state index contributed by atoms with van der Waals surface area (Å²) in [6, 6.07) is 19.3. The molecular formula is C26H19FN6O2S. The van der Waals surface area contributed by atoms with E-state index in [4.69, 9.17) is 4.52 Å². The van der Waals surface area contributed by atoms with Gasteiger partial charge < -0.3 is 4.52 Å². The van der Waals surface area contributed by atoms with Crippen LogP contribution in [0.2, 0.25) is 0 Å². The van der Waals surface area contributed by atoms with Crippen LogP contribution in [-0.4, -0.2) is 29.3 Å². The highest BCUT2D eigenvalue weighted by Crippen LogP contribution is 2.27. The van der Waals surface area contributed by atoms with Crippen molar-refractivity contribution in [2.45, 2.75) is 24.8 Å². The van der Waals surface area contributed by atoms with Crippen LogP contribution in [0.3, 0.4) is 0 Å². The second-order valence-corrected chi connectivity index (χ2v) is 9.32. The third-order valence-electron chi connectivity index (χ3n) is 5.90. The summed E-state index contributed by atoms with van der Waals surface area (Å²) in [6.07, 6.45) is 0. The Balaban J connectivity index is 1.43. The molecule has 0 aliphatic rings. The van der Waals surface area contributed by atoms with E-state index in [9.17, 15) is 9.18 Å². The number of aromatic nitrogens is 6. The normalized spacial score (nSPS) is 11.5. The number of benzene rings is 3. The van der Waals surface area contributed by atoms with Crippen LogP contribution >= 0.6 is 11.8 Å². The number of fused-ring (bicyclic) bond motifs is 3. The Hall–Kier alpha value is -4.31. The number of nitrogens with zero attached hydrogens (tertiary/aromatic N) is 6. The number of thioether (sulfide) groups is 1. The first-order valence-electron chi connectivity index (χ1n) is 11.2. The molecule has 0 saturated heterocycles.